The predicted molar refractivity (Wildman–Crippen MR) is 67.7 cm³/mol. The number of likely N-dealkylation sites (tertiary alicyclic amines) is 1. The van der Waals surface area contributed by atoms with Crippen LogP contribution in [0.5, 0.6) is 0 Å². The molecule has 0 spiro atoms. The normalized spacial score (nSPS) is 19.8. The minimum atomic E-state index is 0.553. The van der Waals surface area contributed by atoms with Crippen molar-refractivity contribution in [1.29, 1.82) is 0 Å². The first kappa shape index (κ1) is 11.6. The summed E-state index contributed by atoms with van der Waals surface area (Å²) < 4.78 is 0. The molecule has 2 rings (SSSR count). The van der Waals surface area contributed by atoms with Crippen LogP contribution in [0.25, 0.3) is 0 Å². The summed E-state index contributed by atoms with van der Waals surface area (Å²) in [4.78, 5) is 7.16. The van der Waals surface area contributed by atoms with E-state index in [0.29, 0.717) is 17.8 Å². The second kappa shape index (κ2) is 4.54. The smallest absolute Gasteiger partial charge is 0.0463 e. The monoisotopic (exact) mass is 218 g/mol. The molecule has 2 heteroatoms. The Labute approximate surface area is 98.7 Å². The third-order valence-corrected chi connectivity index (χ3v) is 3.74. The lowest BCUT2D eigenvalue weighted by Crippen LogP contribution is -2.42. The Balaban J connectivity index is 2.13. The molecule has 0 bridgehead atoms. The van der Waals surface area contributed by atoms with E-state index < -0.39 is 0 Å². The van der Waals surface area contributed by atoms with Crippen LogP contribution >= 0.6 is 0 Å². The number of likely N-dealkylation sites (N-methyl/N-ethyl adjacent to an activating group) is 1. The first-order valence-electron chi connectivity index (χ1n) is 6.23. The lowest BCUT2D eigenvalue weighted by molar-refractivity contribution is 0.186. The lowest BCUT2D eigenvalue weighted by Gasteiger charge is -2.36. The van der Waals surface area contributed by atoms with E-state index >= 15 is 0 Å². The zero-order valence-electron chi connectivity index (χ0n) is 10.8. The minimum Gasteiger partial charge on any atom is -0.305 e. The average molecular weight is 218 g/mol. The van der Waals surface area contributed by atoms with Gasteiger partial charge in [0.1, 0.15) is 0 Å². The van der Waals surface area contributed by atoms with Crippen LogP contribution in [0.15, 0.2) is 18.2 Å². The van der Waals surface area contributed by atoms with Gasteiger partial charge >= 0.3 is 0 Å². The van der Waals surface area contributed by atoms with E-state index in [1.807, 2.05) is 0 Å². The molecule has 0 saturated carbocycles. The number of hydrogen-bond acceptors (Lipinski definition) is 2. The van der Waals surface area contributed by atoms with Crippen LogP contribution in [-0.2, 0) is 0 Å². The van der Waals surface area contributed by atoms with E-state index in [9.17, 15) is 0 Å². The minimum absolute atomic E-state index is 0.553. The van der Waals surface area contributed by atoms with Gasteiger partial charge in [-0.05, 0) is 25.1 Å². The standard InChI is InChI=1S/C14H22N2/c1-10(2)11(3)13-6-5-7-14(15-13)12-8-16(4)9-12/h5-7,10-12H,8-9H2,1-4H3/t11-/m1/s1. The maximum absolute atomic E-state index is 4.82. The quantitative estimate of drug-likeness (QED) is 0.775. The topological polar surface area (TPSA) is 16.1 Å². The van der Waals surface area contributed by atoms with Crippen molar-refractivity contribution in [2.75, 3.05) is 20.1 Å². The number of aromatic nitrogens is 1. The molecule has 1 aliphatic heterocycles. The van der Waals surface area contributed by atoms with Gasteiger partial charge in [-0.3, -0.25) is 4.98 Å². The maximum Gasteiger partial charge on any atom is 0.0463 e. The van der Waals surface area contributed by atoms with Gasteiger partial charge < -0.3 is 4.90 Å². The molecule has 1 atom stereocenters. The van der Waals surface area contributed by atoms with Crippen LogP contribution in [0.2, 0.25) is 0 Å². The summed E-state index contributed by atoms with van der Waals surface area (Å²) in [6, 6.07) is 6.50. The first-order chi connectivity index (χ1) is 7.58. The fourth-order valence-corrected chi connectivity index (χ4v) is 2.18. The van der Waals surface area contributed by atoms with Crippen molar-refractivity contribution in [3.8, 4) is 0 Å². The predicted octanol–water partition coefficient (Wildman–Crippen LogP) is 2.87. The SMILES string of the molecule is CC(C)[C@@H](C)c1cccc(C2CN(C)C2)n1. The highest BCUT2D eigenvalue weighted by Crippen LogP contribution is 2.27. The number of hydrogen-bond donors (Lipinski definition) is 0. The Kier molecular flexibility index (Phi) is 3.29. The molecular formula is C14H22N2. The molecule has 1 aromatic rings. The molecule has 88 valence electrons. The Hall–Kier alpha value is -0.890. The van der Waals surface area contributed by atoms with Gasteiger partial charge in [-0.2, -0.15) is 0 Å². The molecule has 0 amide bonds. The summed E-state index contributed by atoms with van der Waals surface area (Å²) in [6.45, 7) is 9.11. The Morgan fingerprint density at radius 1 is 1.25 bits per heavy atom. The summed E-state index contributed by atoms with van der Waals surface area (Å²) in [5.41, 5.74) is 2.53. The van der Waals surface area contributed by atoms with Crippen LogP contribution in [0.1, 0.15) is 44.0 Å². The van der Waals surface area contributed by atoms with Gasteiger partial charge in [0.25, 0.3) is 0 Å². The molecule has 0 aliphatic carbocycles. The van der Waals surface area contributed by atoms with Crippen LogP contribution in [0.3, 0.4) is 0 Å². The van der Waals surface area contributed by atoms with E-state index in [-0.39, 0.29) is 0 Å². The highest BCUT2D eigenvalue weighted by Gasteiger charge is 2.26. The Morgan fingerprint density at radius 2 is 1.94 bits per heavy atom. The summed E-state index contributed by atoms with van der Waals surface area (Å²) in [6.07, 6.45) is 0. The largest absolute Gasteiger partial charge is 0.305 e. The summed E-state index contributed by atoms with van der Waals surface area (Å²) in [5.74, 6) is 1.87. The zero-order chi connectivity index (χ0) is 11.7. The van der Waals surface area contributed by atoms with Gasteiger partial charge in [0.2, 0.25) is 0 Å². The molecule has 16 heavy (non-hydrogen) atoms. The zero-order valence-corrected chi connectivity index (χ0v) is 10.8. The van der Waals surface area contributed by atoms with Crippen molar-refractivity contribution < 1.29 is 0 Å². The van der Waals surface area contributed by atoms with Crippen LogP contribution in [0, 0.1) is 5.92 Å². The second-order valence-electron chi connectivity index (χ2n) is 5.44. The van der Waals surface area contributed by atoms with E-state index in [0.717, 1.165) is 13.1 Å². The van der Waals surface area contributed by atoms with Gasteiger partial charge in [0.15, 0.2) is 0 Å². The number of rotatable bonds is 3. The van der Waals surface area contributed by atoms with Crippen LogP contribution < -0.4 is 0 Å². The Morgan fingerprint density at radius 3 is 2.50 bits per heavy atom. The summed E-state index contributed by atoms with van der Waals surface area (Å²) in [5, 5.41) is 0. The third-order valence-electron chi connectivity index (χ3n) is 3.74. The van der Waals surface area contributed by atoms with Crippen molar-refractivity contribution in [1.82, 2.24) is 9.88 Å². The van der Waals surface area contributed by atoms with Gasteiger partial charge in [-0.15, -0.1) is 0 Å². The summed E-state index contributed by atoms with van der Waals surface area (Å²) in [7, 11) is 2.16. The molecule has 0 radical (unpaired) electrons. The van der Waals surface area contributed by atoms with Crippen molar-refractivity contribution in [2.24, 2.45) is 5.92 Å². The fourth-order valence-electron chi connectivity index (χ4n) is 2.18. The van der Waals surface area contributed by atoms with Crippen molar-refractivity contribution in [3.05, 3.63) is 29.6 Å². The molecule has 2 nitrogen and oxygen atoms in total. The van der Waals surface area contributed by atoms with E-state index in [4.69, 9.17) is 4.98 Å². The Bertz CT molecular complexity index is 354. The second-order valence-corrected chi connectivity index (χ2v) is 5.44. The van der Waals surface area contributed by atoms with Gasteiger partial charge in [-0.25, -0.2) is 0 Å². The third kappa shape index (κ3) is 2.27. The number of nitrogens with zero attached hydrogens (tertiary/aromatic N) is 2. The molecule has 1 aromatic heterocycles. The molecule has 0 unspecified atom stereocenters. The highest BCUT2D eigenvalue weighted by atomic mass is 15.2. The average Bonchev–Trinajstić information content (AvgIpc) is 2.24. The van der Waals surface area contributed by atoms with Gasteiger partial charge in [0, 0.05) is 36.3 Å². The van der Waals surface area contributed by atoms with E-state index in [1.54, 1.807) is 0 Å². The molecule has 0 aromatic carbocycles. The molecule has 1 aliphatic rings. The van der Waals surface area contributed by atoms with E-state index in [2.05, 4.69) is 50.9 Å². The van der Waals surface area contributed by atoms with E-state index in [1.165, 1.54) is 11.4 Å². The van der Waals surface area contributed by atoms with Crippen LogP contribution in [-0.4, -0.2) is 30.0 Å². The lowest BCUT2D eigenvalue weighted by atomic mass is 9.92. The van der Waals surface area contributed by atoms with Crippen LogP contribution in [0.4, 0.5) is 0 Å². The highest BCUT2D eigenvalue weighted by molar-refractivity contribution is 5.20. The van der Waals surface area contributed by atoms with Gasteiger partial charge in [-0.1, -0.05) is 26.8 Å². The first-order valence-corrected chi connectivity index (χ1v) is 6.23. The molecule has 1 fully saturated rings. The molecule has 1 saturated heterocycles. The molecule has 0 N–H and O–H groups in total. The maximum atomic E-state index is 4.82. The number of pyridine rings is 1. The fraction of sp³-hybridized carbons (Fsp3) is 0.643. The van der Waals surface area contributed by atoms with Gasteiger partial charge in [0.05, 0.1) is 0 Å². The van der Waals surface area contributed by atoms with Crippen molar-refractivity contribution in [2.45, 2.75) is 32.6 Å². The summed E-state index contributed by atoms with van der Waals surface area (Å²) >= 11 is 0. The molecule has 2 heterocycles. The van der Waals surface area contributed by atoms with Crippen molar-refractivity contribution >= 4 is 0 Å². The molecular weight excluding hydrogens is 196 g/mol. The van der Waals surface area contributed by atoms with Crippen molar-refractivity contribution in [3.63, 3.8) is 0 Å².